The number of sulfone groups is 1. The van der Waals surface area contributed by atoms with Gasteiger partial charge in [-0.05, 0) is 51.0 Å². The van der Waals surface area contributed by atoms with Gasteiger partial charge in [-0.1, -0.05) is 6.42 Å². The number of unbranched alkanes of at least 4 members (excludes halogenated alkanes) is 2. The summed E-state index contributed by atoms with van der Waals surface area (Å²) in [6.45, 7) is 2.95. The van der Waals surface area contributed by atoms with Crippen molar-refractivity contribution in [2.75, 3.05) is 12.0 Å². The Labute approximate surface area is 138 Å². The number of pyridine rings is 1. The second-order valence-electron chi connectivity index (χ2n) is 6.63. The van der Waals surface area contributed by atoms with Crippen LogP contribution in [0.1, 0.15) is 49.2 Å². The summed E-state index contributed by atoms with van der Waals surface area (Å²) in [6.07, 6.45) is 10.5. The van der Waals surface area contributed by atoms with Crippen molar-refractivity contribution in [1.29, 1.82) is 0 Å². The quantitative estimate of drug-likeness (QED) is 0.762. The van der Waals surface area contributed by atoms with Gasteiger partial charge in [-0.2, -0.15) is 0 Å². The van der Waals surface area contributed by atoms with Crippen molar-refractivity contribution in [3.63, 3.8) is 0 Å². The Hall–Kier alpha value is -1.43. The molecule has 1 aliphatic rings. The normalized spacial score (nSPS) is 15.0. The zero-order valence-corrected chi connectivity index (χ0v) is 14.8. The van der Waals surface area contributed by atoms with E-state index in [2.05, 4.69) is 14.5 Å². The van der Waals surface area contributed by atoms with Crippen LogP contribution in [0, 0.1) is 6.92 Å². The molecule has 2 aromatic rings. The fourth-order valence-electron chi connectivity index (χ4n) is 3.51. The number of hydrogen-bond donors (Lipinski definition) is 0. The van der Waals surface area contributed by atoms with E-state index in [9.17, 15) is 8.42 Å². The molecule has 0 amide bonds. The van der Waals surface area contributed by atoms with E-state index >= 15 is 0 Å². The van der Waals surface area contributed by atoms with Crippen LogP contribution in [0.2, 0.25) is 0 Å². The molecular formula is C17H25N3O2S. The second-order valence-corrected chi connectivity index (χ2v) is 8.89. The van der Waals surface area contributed by atoms with Gasteiger partial charge in [0.2, 0.25) is 0 Å². The molecule has 5 nitrogen and oxygen atoms in total. The minimum atomic E-state index is -2.84. The first-order chi connectivity index (χ1) is 11.0. The molecule has 1 aliphatic carbocycles. The molecule has 0 saturated heterocycles. The summed E-state index contributed by atoms with van der Waals surface area (Å²) >= 11 is 0. The molecule has 0 unspecified atom stereocenters. The highest BCUT2D eigenvalue weighted by molar-refractivity contribution is 7.90. The number of imidazole rings is 1. The van der Waals surface area contributed by atoms with Crippen LogP contribution in [0.3, 0.4) is 0 Å². The molecule has 0 spiro atoms. The van der Waals surface area contributed by atoms with Crippen LogP contribution < -0.4 is 0 Å². The van der Waals surface area contributed by atoms with Crippen molar-refractivity contribution in [1.82, 2.24) is 14.5 Å². The van der Waals surface area contributed by atoms with Gasteiger partial charge in [0.1, 0.15) is 21.2 Å². The monoisotopic (exact) mass is 335 g/mol. The van der Waals surface area contributed by atoms with Crippen LogP contribution in [0.5, 0.6) is 0 Å². The summed E-state index contributed by atoms with van der Waals surface area (Å²) < 4.78 is 24.7. The van der Waals surface area contributed by atoms with E-state index in [0.29, 0.717) is 0 Å². The van der Waals surface area contributed by atoms with Gasteiger partial charge in [0.05, 0.1) is 11.7 Å². The summed E-state index contributed by atoms with van der Waals surface area (Å²) in [7, 11) is -2.84. The maximum atomic E-state index is 11.2. The maximum Gasteiger partial charge on any atom is 0.147 e. The summed E-state index contributed by atoms with van der Waals surface area (Å²) in [5.41, 5.74) is 4.88. The van der Waals surface area contributed by atoms with Gasteiger partial charge in [0.15, 0.2) is 0 Å². The molecule has 0 atom stereocenters. The van der Waals surface area contributed by atoms with Crippen LogP contribution in [0.4, 0.5) is 0 Å². The number of rotatable bonds is 6. The highest BCUT2D eigenvalue weighted by Crippen LogP contribution is 2.28. The van der Waals surface area contributed by atoms with Gasteiger partial charge >= 0.3 is 0 Å². The van der Waals surface area contributed by atoms with Crippen LogP contribution >= 0.6 is 0 Å². The molecule has 6 heteroatoms. The van der Waals surface area contributed by atoms with Gasteiger partial charge in [-0.3, -0.25) is 4.98 Å². The zero-order chi connectivity index (χ0) is 16.4. The third kappa shape index (κ3) is 3.74. The van der Waals surface area contributed by atoms with Gasteiger partial charge in [-0.25, -0.2) is 13.4 Å². The van der Waals surface area contributed by atoms with Gasteiger partial charge < -0.3 is 4.57 Å². The standard InChI is InChI=1S/C17H25N3O2S/c1-13-19-16-12-18-15-9-5-4-8-14(15)17(16)20(13)10-6-3-7-11-23(2,21)22/h12H,3-11H2,1-2H3. The number of aryl methyl sites for hydroxylation is 4. The molecule has 0 fully saturated rings. The summed E-state index contributed by atoms with van der Waals surface area (Å²) in [6, 6.07) is 0. The second kappa shape index (κ2) is 6.59. The van der Waals surface area contributed by atoms with Crippen LogP contribution in [-0.4, -0.2) is 35.0 Å². The molecule has 2 aromatic heterocycles. The fraction of sp³-hybridized carbons (Fsp3) is 0.647. The Kier molecular flexibility index (Phi) is 4.71. The Morgan fingerprint density at radius 3 is 2.74 bits per heavy atom. The van der Waals surface area contributed by atoms with Crippen LogP contribution in [-0.2, 0) is 29.2 Å². The molecule has 3 rings (SSSR count). The van der Waals surface area contributed by atoms with E-state index in [1.807, 2.05) is 13.1 Å². The van der Waals surface area contributed by atoms with Gasteiger partial charge in [0, 0.05) is 24.2 Å². The first-order valence-electron chi connectivity index (χ1n) is 8.47. The van der Waals surface area contributed by atoms with Crippen LogP contribution in [0.25, 0.3) is 11.0 Å². The van der Waals surface area contributed by atoms with Gasteiger partial charge in [-0.15, -0.1) is 0 Å². The average molecular weight is 335 g/mol. The number of hydrogen-bond acceptors (Lipinski definition) is 4. The SMILES string of the molecule is Cc1nc2cnc3c(c2n1CCCCCS(C)(=O)=O)CCCC3. The molecule has 23 heavy (non-hydrogen) atoms. The highest BCUT2D eigenvalue weighted by atomic mass is 32.2. The Morgan fingerprint density at radius 1 is 1.17 bits per heavy atom. The molecule has 0 saturated carbocycles. The molecule has 0 aromatic carbocycles. The lowest BCUT2D eigenvalue weighted by Crippen LogP contribution is -2.09. The molecule has 0 N–H and O–H groups in total. The number of nitrogens with zero attached hydrogens (tertiary/aromatic N) is 3. The van der Waals surface area contributed by atoms with Crippen molar-refractivity contribution < 1.29 is 8.42 Å². The van der Waals surface area contributed by atoms with E-state index in [1.165, 1.54) is 35.9 Å². The molecular weight excluding hydrogens is 310 g/mol. The molecule has 0 aliphatic heterocycles. The number of aromatic nitrogens is 3. The summed E-state index contributed by atoms with van der Waals surface area (Å²) in [5.74, 6) is 1.32. The first-order valence-corrected chi connectivity index (χ1v) is 10.5. The van der Waals surface area contributed by atoms with Crippen molar-refractivity contribution in [2.45, 2.75) is 58.4 Å². The molecule has 0 bridgehead atoms. The summed E-state index contributed by atoms with van der Waals surface area (Å²) in [5, 5.41) is 0. The Morgan fingerprint density at radius 2 is 1.96 bits per heavy atom. The zero-order valence-electron chi connectivity index (χ0n) is 14.0. The van der Waals surface area contributed by atoms with Crippen molar-refractivity contribution in [3.8, 4) is 0 Å². The lowest BCUT2D eigenvalue weighted by molar-refractivity contribution is 0.579. The van der Waals surface area contributed by atoms with E-state index in [1.54, 1.807) is 0 Å². The van der Waals surface area contributed by atoms with E-state index in [4.69, 9.17) is 0 Å². The average Bonchev–Trinajstić information content (AvgIpc) is 2.82. The first kappa shape index (κ1) is 16.4. The molecule has 2 heterocycles. The fourth-order valence-corrected chi connectivity index (χ4v) is 4.23. The lowest BCUT2D eigenvalue weighted by Gasteiger charge is -2.17. The van der Waals surface area contributed by atoms with Crippen molar-refractivity contribution >= 4 is 20.9 Å². The van der Waals surface area contributed by atoms with Gasteiger partial charge in [0.25, 0.3) is 0 Å². The number of fused-ring (bicyclic) bond motifs is 3. The van der Waals surface area contributed by atoms with E-state index < -0.39 is 9.84 Å². The van der Waals surface area contributed by atoms with E-state index in [-0.39, 0.29) is 5.75 Å². The van der Waals surface area contributed by atoms with Crippen LogP contribution in [0.15, 0.2) is 6.20 Å². The summed E-state index contributed by atoms with van der Waals surface area (Å²) in [4.78, 5) is 9.26. The predicted molar refractivity (Wildman–Crippen MR) is 92.5 cm³/mol. The third-order valence-corrected chi connectivity index (χ3v) is 5.68. The van der Waals surface area contributed by atoms with E-state index in [0.717, 1.165) is 50.0 Å². The smallest absolute Gasteiger partial charge is 0.147 e. The predicted octanol–water partition coefficient (Wildman–Crippen LogP) is 2.83. The van der Waals surface area contributed by atoms with Crippen molar-refractivity contribution in [2.24, 2.45) is 0 Å². The Bertz CT molecular complexity index is 809. The largest absolute Gasteiger partial charge is 0.328 e. The van der Waals surface area contributed by atoms with Crippen molar-refractivity contribution in [3.05, 3.63) is 23.3 Å². The molecule has 126 valence electrons. The minimum Gasteiger partial charge on any atom is -0.328 e. The minimum absolute atomic E-state index is 0.288. The Balaban J connectivity index is 1.76. The lowest BCUT2D eigenvalue weighted by atomic mass is 9.95. The molecule has 0 radical (unpaired) electrons. The third-order valence-electron chi connectivity index (χ3n) is 4.65. The topological polar surface area (TPSA) is 64.8 Å². The highest BCUT2D eigenvalue weighted by Gasteiger charge is 2.18. The maximum absolute atomic E-state index is 11.2.